The fourth-order valence-electron chi connectivity index (χ4n) is 2.56. The molecule has 0 bridgehead atoms. The summed E-state index contributed by atoms with van der Waals surface area (Å²) in [6.45, 7) is 3.31. The Morgan fingerprint density at radius 2 is 2.30 bits per heavy atom. The van der Waals surface area contributed by atoms with Crippen LogP contribution in [-0.4, -0.2) is 73.5 Å². The first-order valence-corrected chi connectivity index (χ1v) is 9.36. The van der Waals surface area contributed by atoms with Crippen molar-refractivity contribution in [2.75, 3.05) is 43.6 Å². The van der Waals surface area contributed by atoms with E-state index in [1.165, 1.54) is 12.3 Å². The van der Waals surface area contributed by atoms with Crippen LogP contribution in [0.3, 0.4) is 0 Å². The maximum Gasteiger partial charge on any atom is 0.272 e. The lowest BCUT2D eigenvalue weighted by atomic mass is 10.2. The van der Waals surface area contributed by atoms with Gasteiger partial charge in [-0.25, -0.2) is 18.4 Å². The normalized spacial score (nSPS) is 19.5. The SMILES string of the molecule is CCN(C(=O)c1ccnc(NCCOC)n1)C1CCS(=O)(=O)C1. The topological polar surface area (TPSA) is 101 Å². The summed E-state index contributed by atoms with van der Waals surface area (Å²) in [5.74, 6) is 0.237. The minimum absolute atomic E-state index is 0.0244. The quantitative estimate of drug-likeness (QED) is 0.706. The highest BCUT2D eigenvalue weighted by molar-refractivity contribution is 7.91. The van der Waals surface area contributed by atoms with E-state index in [4.69, 9.17) is 4.74 Å². The van der Waals surface area contributed by atoms with Gasteiger partial charge in [-0.05, 0) is 19.4 Å². The number of carbonyl (C=O) groups is 1. The van der Waals surface area contributed by atoms with Crippen molar-refractivity contribution in [2.45, 2.75) is 19.4 Å². The van der Waals surface area contributed by atoms with Gasteiger partial charge in [0.2, 0.25) is 5.95 Å². The van der Waals surface area contributed by atoms with Crippen LogP contribution in [0.2, 0.25) is 0 Å². The molecule has 1 atom stereocenters. The van der Waals surface area contributed by atoms with Crippen LogP contribution >= 0.6 is 0 Å². The lowest BCUT2D eigenvalue weighted by Gasteiger charge is -2.26. The first-order chi connectivity index (χ1) is 11.0. The number of amides is 1. The Morgan fingerprint density at radius 3 is 2.91 bits per heavy atom. The van der Waals surface area contributed by atoms with E-state index in [-0.39, 0.29) is 29.1 Å². The molecule has 1 fully saturated rings. The summed E-state index contributed by atoms with van der Waals surface area (Å²) in [6, 6.07) is 1.26. The van der Waals surface area contributed by atoms with Crippen LogP contribution in [0.5, 0.6) is 0 Å². The minimum atomic E-state index is -3.04. The molecule has 0 aromatic carbocycles. The number of anilines is 1. The molecular formula is C14H22N4O4S. The molecule has 1 N–H and O–H groups in total. The van der Waals surface area contributed by atoms with Crippen molar-refractivity contribution in [2.24, 2.45) is 0 Å². The van der Waals surface area contributed by atoms with Crippen molar-refractivity contribution in [3.63, 3.8) is 0 Å². The van der Waals surface area contributed by atoms with Crippen molar-refractivity contribution in [3.05, 3.63) is 18.0 Å². The number of nitrogens with zero attached hydrogens (tertiary/aromatic N) is 3. The maximum atomic E-state index is 12.6. The van der Waals surface area contributed by atoms with Gasteiger partial charge in [0.1, 0.15) is 5.69 Å². The third-order valence-electron chi connectivity index (χ3n) is 3.71. The Morgan fingerprint density at radius 1 is 1.52 bits per heavy atom. The van der Waals surface area contributed by atoms with Gasteiger partial charge in [0.15, 0.2) is 9.84 Å². The zero-order valence-corrected chi connectivity index (χ0v) is 14.2. The molecule has 8 nitrogen and oxygen atoms in total. The summed E-state index contributed by atoms with van der Waals surface area (Å²) >= 11 is 0. The van der Waals surface area contributed by atoms with Crippen molar-refractivity contribution >= 4 is 21.7 Å². The Labute approximate surface area is 136 Å². The third-order valence-corrected chi connectivity index (χ3v) is 5.47. The van der Waals surface area contributed by atoms with E-state index in [9.17, 15) is 13.2 Å². The minimum Gasteiger partial charge on any atom is -0.383 e. The molecular weight excluding hydrogens is 320 g/mol. The molecule has 0 spiro atoms. The fourth-order valence-corrected chi connectivity index (χ4v) is 4.29. The smallest absolute Gasteiger partial charge is 0.272 e. The molecule has 128 valence electrons. The van der Waals surface area contributed by atoms with Gasteiger partial charge in [0.05, 0.1) is 18.1 Å². The highest BCUT2D eigenvalue weighted by atomic mass is 32.2. The second kappa shape index (κ2) is 7.69. The van der Waals surface area contributed by atoms with Crippen molar-refractivity contribution in [1.29, 1.82) is 0 Å². The monoisotopic (exact) mass is 342 g/mol. The van der Waals surface area contributed by atoms with Gasteiger partial charge in [-0.15, -0.1) is 0 Å². The second-order valence-corrected chi connectivity index (χ2v) is 7.56. The highest BCUT2D eigenvalue weighted by Gasteiger charge is 2.34. The van der Waals surface area contributed by atoms with Crippen LogP contribution in [0.1, 0.15) is 23.8 Å². The van der Waals surface area contributed by atoms with Crippen LogP contribution in [0.4, 0.5) is 5.95 Å². The van der Waals surface area contributed by atoms with E-state index in [1.807, 2.05) is 6.92 Å². The molecule has 23 heavy (non-hydrogen) atoms. The van der Waals surface area contributed by atoms with Gasteiger partial charge < -0.3 is 15.0 Å². The first-order valence-electron chi connectivity index (χ1n) is 7.54. The second-order valence-electron chi connectivity index (χ2n) is 5.33. The standard InChI is InChI=1S/C14H22N4O4S/c1-3-18(11-5-9-23(20,21)10-11)13(19)12-4-6-15-14(17-12)16-7-8-22-2/h4,6,11H,3,5,7-10H2,1-2H3,(H,15,16,17). The molecule has 1 amide bonds. The molecule has 1 aromatic heterocycles. The molecule has 1 aliphatic heterocycles. The molecule has 2 heterocycles. The van der Waals surface area contributed by atoms with Gasteiger partial charge in [0.25, 0.3) is 5.91 Å². The average molecular weight is 342 g/mol. The molecule has 0 aliphatic carbocycles. The number of methoxy groups -OCH3 is 1. The largest absolute Gasteiger partial charge is 0.383 e. The van der Waals surface area contributed by atoms with E-state index in [0.717, 1.165) is 0 Å². The number of aromatic nitrogens is 2. The molecule has 1 aromatic rings. The van der Waals surface area contributed by atoms with Gasteiger partial charge >= 0.3 is 0 Å². The van der Waals surface area contributed by atoms with Gasteiger partial charge in [-0.2, -0.15) is 0 Å². The zero-order chi connectivity index (χ0) is 16.9. The number of hydrogen-bond acceptors (Lipinski definition) is 7. The lowest BCUT2D eigenvalue weighted by Crippen LogP contribution is -2.41. The molecule has 0 radical (unpaired) electrons. The molecule has 1 aliphatic rings. The summed E-state index contributed by atoms with van der Waals surface area (Å²) in [5.41, 5.74) is 0.256. The highest BCUT2D eigenvalue weighted by Crippen LogP contribution is 2.19. The average Bonchev–Trinajstić information content (AvgIpc) is 2.88. The summed E-state index contributed by atoms with van der Waals surface area (Å²) in [4.78, 5) is 22.5. The van der Waals surface area contributed by atoms with Crippen molar-refractivity contribution < 1.29 is 17.9 Å². The Balaban J connectivity index is 2.10. The molecule has 2 rings (SSSR count). The van der Waals surface area contributed by atoms with Crippen LogP contribution < -0.4 is 5.32 Å². The number of sulfone groups is 1. The number of rotatable bonds is 7. The molecule has 9 heteroatoms. The molecule has 1 unspecified atom stereocenters. The van der Waals surface area contributed by atoms with Crippen LogP contribution in [0.15, 0.2) is 12.3 Å². The Kier molecular flexibility index (Phi) is 5.89. The molecule has 0 saturated carbocycles. The van der Waals surface area contributed by atoms with Crippen LogP contribution in [0, 0.1) is 0 Å². The van der Waals surface area contributed by atoms with Crippen LogP contribution in [0.25, 0.3) is 0 Å². The number of carbonyl (C=O) groups excluding carboxylic acids is 1. The zero-order valence-electron chi connectivity index (χ0n) is 13.4. The summed E-state index contributed by atoms with van der Waals surface area (Å²) in [5, 5.41) is 2.97. The van der Waals surface area contributed by atoms with Crippen molar-refractivity contribution in [1.82, 2.24) is 14.9 Å². The summed E-state index contributed by atoms with van der Waals surface area (Å²) in [7, 11) is -1.45. The summed E-state index contributed by atoms with van der Waals surface area (Å²) < 4.78 is 28.2. The van der Waals surface area contributed by atoms with Crippen LogP contribution in [-0.2, 0) is 14.6 Å². The number of hydrogen-bond donors (Lipinski definition) is 1. The number of ether oxygens (including phenoxy) is 1. The predicted octanol–water partition coefficient (Wildman–Crippen LogP) is 0.184. The van der Waals surface area contributed by atoms with E-state index in [0.29, 0.717) is 32.1 Å². The Hall–Kier alpha value is -1.74. The predicted molar refractivity (Wildman–Crippen MR) is 86.2 cm³/mol. The fraction of sp³-hybridized carbons (Fsp3) is 0.643. The van der Waals surface area contributed by atoms with E-state index >= 15 is 0 Å². The van der Waals surface area contributed by atoms with E-state index < -0.39 is 9.84 Å². The lowest BCUT2D eigenvalue weighted by molar-refractivity contribution is 0.0702. The summed E-state index contributed by atoms with van der Waals surface area (Å²) in [6.07, 6.45) is 1.99. The Bertz CT molecular complexity index is 650. The van der Waals surface area contributed by atoms with E-state index in [2.05, 4.69) is 15.3 Å². The van der Waals surface area contributed by atoms with Crippen molar-refractivity contribution in [3.8, 4) is 0 Å². The molecule has 1 saturated heterocycles. The van der Waals surface area contributed by atoms with Gasteiger partial charge in [-0.1, -0.05) is 0 Å². The van der Waals surface area contributed by atoms with Gasteiger partial charge in [-0.3, -0.25) is 4.79 Å². The van der Waals surface area contributed by atoms with E-state index in [1.54, 1.807) is 12.0 Å². The third kappa shape index (κ3) is 4.61. The number of nitrogens with one attached hydrogen (secondary N) is 1. The van der Waals surface area contributed by atoms with Gasteiger partial charge in [0, 0.05) is 32.4 Å². The maximum absolute atomic E-state index is 12.6. The first kappa shape index (κ1) is 17.6.